The molecule has 10 heteroatoms. The minimum absolute atomic E-state index is 0.0981. The summed E-state index contributed by atoms with van der Waals surface area (Å²) in [6.45, 7) is 1.97. The van der Waals surface area contributed by atoms with Crippen molar-refractivity contribution in [2.45, 2.75) is 6.92 Å². The third-order valence-electron chi connectivity index (χ3n) is 4.28. The van der Waals surface area contributed by atoms with Gasteiger partial charge < -0.3 is 4.74 Å². The van der Waals surface area contributed by atoms with E-state index in [9.17, 15) is 14.4 Å². The van der Waals surface area contributed by atoms with Crippen molar-refractivity contribution in [3.8, 4) is 0 Å². The third kappa shape index (κ3) is 4.32. The van der Waals surface area contributed by atoms with Crippen molar-refractivity contribution in [1.29, 1.82) is 0 Å². The van der Waals surface area contributed by atoms with E-state index in [0.29, 0.717) is 15.2 Å². The highest BCUT2D eigenvalue weighted by Crippen LogP contribution is 2.39. The van der Waals surface area contributed by atoms with Crippen LogP contribution in [0.3, 0.4) is 0 Å². The quantitative estimate of drug-likeness (QED) is 0.371. The number of carbonyl (C=O) groups is 3. The van der Waals surface area contributed by atoms with E-state index in [2.05, 4.69) is 30.6 Å². The second-order valence-electron chi connectivity index (χ2n) is 6.42. The fourth-order valence-electron chi connectivity index (χ4n) is 2.78. The molecule has 7 nitrogen and oxygen atoms in total. The summed E-state index contributed by atoms with van der Waals surface area (Å²) in [7, 11) is 1.22. The van der Waals surface area contributed by atoms with Crippen molar-refractivity contribution in [1.82, 2.24) is 4.98 Å². The molecule has 1 aromatic heterocycles. The number of benzene rings is 2. The number of fused-ring (bicyclic) bond motifs is 1. The number of amidine groups is 1. The van der Waals surface area contributed by atoms with E-state index in [1.807, 2.05) is 25.1 Å². The Hall–Kier alpha value is -2.82. The standard InChI is InChI=1S/C21H14BrN3O4S2/c1-11-7-8-14-15(9-11)30-20(23-14)25-19(28)16(10-17(26)29-2)31-21(25)24-18(27)12-5-3-4-6-13(12)22/h3-10H,1-2H3/b16-10-,24-21?. The first-order valence-electron chi connectivity index (χ1n) is 8.94. The molecule has 1 saturated heterocycles. The molecule has 156 valence electrons. The van der Waals surface area contributed by atoms with Crippen molar-refractivity contribution >= 4 is 77.3 Å². The first-order chi connectivity index (χ1) is 14.9. The average molecular weight is 516 g/mol. The summed E-state index contributed by atoms with van der Waals surface area (Å²) in [6, 6.07) is 12.6. The number of anilines is 1. The Labute approximate surface area is 193 Å². The Kier molecular flexibility index (Phi) is 6.03. The first kappa shape index (κ1) is 21.4. The molecule has 31 heavy (non-hydrogen) atoms. The lowest BCUT2D eigenvalue weighted by Gasteiger charge is -2.11. The van der Waals surface area contributed by atoms with Gasteiger partial charge in [-0.1, -0.05) is 29.5 Å². The van der Waals surface area contributed by atoms with Crippen molar-refractivity contribution in [3.63, 3.8) is 0 Å². The molecule has 1 aliphatic heterocycles. The SMILES string of the molecule is COC(=O)/C=C1\SC(=NC(=O)c2ccccc2Br)N(c2nc3ccc(C)cc3s2)C1=O. The molecule has 0 saturated carbocycles. The summed E-state index contributed by atoms with van der Waals surface area (Å²) in [5, 5.41) is 0.488. The summed E-state index contributed by atoms with van der Waals surface area (Å²) in [4.78, 5) is 47.7. The van der Waals surface area contributed by atoms with Crippen LogP contribution in [0.4, 0.5) is 5.13 Å². The lowest BCUT2D eigenvalue weighted by molar-refractivity contribution is -0.135. The topological polar surface area (TPSA) is 88.9 Å². The van der Waals surface area contributed by atoms with Gasteiger partial charge in [-0.15, -0.1) is 0 Å². The van der Waals surface area contributed by atoms with E-state index in [0.717, 1.165) is 33.6 Å². The van der Waals surface area contributed by atoms with Gasteiger partial charge in [-0.2, -0.15) is 4.99 Å². The van der Waals surface area contributed by atoms with Gasteiger partial charge in [0.15, 0.2) is 10.3 Å². The highest BCUT2D eigenvalue weighted by Gasteiger charge is 2.38. The van der Waals surface area contributed by atoms with Crippen LogP contribution in [0.1, 0.15) is 15.9 Å². The van der Waals surface area contributed by atoms with E-state index in [1.165, 1.54) is 23.3 Å². The zero-order chi connectivity index (χ0) is 22.1. The lowest BCUT2D eigenvalue weighted by atomic mass is 10.2. The number of ether oxygens (including phenoxy) is 1. The lowest BCUT2D eigenvalue weighted by Crippen LogP contribution is -2.29. The number of esters is 1. The molecule has 1 aliphatic rings. The van der Waals surface area contributed by atoms with E-state index in [-0.39, 0.29) is 10.1 Å². The highest BCUT2D eigenvalue weighted by molar-refractivity contribution is 9.10. The second-order valence-corrected chi connectivity index (χ2v) is 9.29. The number of nitrogens with zero attached hydrogens (tertiary/aromatic N) is 3. The Morgan fingerprint density at radius 3 is 2.74 bits per heavy atom. The maximum atomic E-state index is 13.1. The maximum absolute atomic E-state index is 13.1. The monoisotopic (exact) mass is 515 g/mol. The van der Waals surface area contributed by atoms with Crippen molar-refractivity contribution in [2.75, 3.05) is 12.0 Å². The van der Waals surface area contributed by atoms with Crippen molar-refractivity contribution in [2.24, 2.45) is 4.99 Å². The fourth-order valence-corrected chi connectivity index (χ4v) is 5.28. The number of thiazole rings is 1. The predicted molar refractivity (Wildman–Crippen MR) is 125 cm³/mol. The van der Waals surface area contributed by atoms with Gasteiger partial charge in [0, 0.05) is 10.5 Å². The number of aryl methyl sites for hydroxylation is 1. The fraction of sp³-hybridized carbons (Fsp3) is 0.0952. The number of rotatable bonds is 3. The highest BCUT2D eigenvalue weighted by atomic mass is 79.9. The number of methoxy groups -OCH3 is 1. The molecule has 1 fully saturated rings. The van der Waals surface area contributed by atoms with Gasteiger partial charge in [0.2, 0.25) is 0 Å². The summed E-state index contributed by atoms with van der Waals surface area (Å²) >= 11 is 5.57. The van der Waals surface area contributed by atoms with Crippen LogP contribution in [-0.2, 0) is 14.3 Å². The molecule has 3 aromatic rings. The Bertz CT molecular complexity index is 1300. The summed E-state index contributed by atoms with van der Waals surface area (Å²) < 4.78 is 6.13. The number of aliphatic imine (C=N–C) groups is 1. The van der Waals surface area contributed by atoms with Crippen molar-refractivity contribution in [3.05, 3.63) is 69.0 Å². The van der Waals surface area contributed by atoms with Crippen LogP contribution in [0.5, 0.6) is 0 Å². The van der Waals surface area contributed by atoms with E-state index < -0.39 is 17.8 Å². The summed E-state index contributed by atoms with van der Waals surface area (Å²) in [5.41, 5.74) is 2.15. The largest absolute Gasteiger partial charge is 0.466 e. The van der Waals surface area contributed by atoms with Crippen LogP contribution >= 0.6 is 39.0 Å². The van der Waals surface area contributed by atoms with Gasteiger partial charge >= 0.3 is 5.97 Å². The van der Waals surface area contributed by atoms with Gasteiger partial charge in [0.1, 0.15) is 0 Å². The van der Waals surface area contributed by atoms with Crippen LogP contribution in [0.15, 0.2) is 62.9 Å². The molecular weight excluding hydrogens is 502 g/mol. The predicted octanol–water partition coefficient (Wildman–Crippen LogP) is 4.70. The van der Waals surface area contributed by atoms with Crippen LogP contribution in [0, 0.1) is 6.92 Å². The van der Waals surface area contributed by atoms with Crippen molar-refractivity contribution < 1.29 is 19.1 Å². The summed E-state index contributed by atoms with van der Waals surface area (Å²) in [6.07, 6.45) is 1.09. The number of hydrogen-bond acceptors (Lipinski definition) is 7. The molecule has 0 aliphatic carbocycles. The van der Waals surface area contributed by atoms with Crippen LogP contribution in [0.2, 0.25) is 0 Å². The molecule has 0 spiro atoms. The van der Waals surface area contributed by atoms with E-state index in [4.69, 9.17) is 0 Å². The molecule has 2 aromatic carbocycles. The molecule has 2 heterocycles. The van der Waals surface area contributed by atoms with Gasteiger partial charge in [-0.25, -0.2) is 14.7 Å². The number of amides is 2. The van der Waals surface area contributed by atoms with Gasteiger partial charge in [0.25, 0.3) is 11.8 Å². The number of carbonyl (C=O) groups excluding carboxylic acids is 3. The minimum Gasteiger partial charge on any atom is -0.466 e. The van der Waals surface area contributed by atoms with Crippen LogP contribution in [-0.4, -0.2) is 35.0 Å². The molecule has 0 unspecified atom stereocenters. The third-order valence-corrected chi connectivity index (χ3v) is 6.95. The van der Waals surface area contributed by atoms with Gasteiger partial charge in [0.05, 0.1) is 27.8 Å². The van der Waals surface area contributed by atoms with Crippen LogP contribution < -0.4 is 4.90 Å². The van der Waals surface area contributed by atoms with E-state index in [1.54, 1.807) is 24.3 Å². The zero-order valence-corrected chi connectivity index (χ0v) is 19.5. The maximum Gasteiger partial charge on any atom is 0.331 e. The average Bonchev–Trinajstić information content (AvgIpc) is 3.28. The molecule has 4 rings (SSSR count). The minimum atomic E-state index is -0.672. The van der Waals surface area contributed by atoms with Gasteiger partial charge in [-0.3, -0.25) is 9.59 Å². The Morgan fingerprint density at radius 1 is 1.23 bits per heavy atom. The molecule has 0 atom stereocenters. The second kappa shape index (κ2) is 8.74. The number of thioether (sulfide) groups is 1. The number of halogens is 1. The normalized spacial score (nSPS) is 16.5. The smallest absolute Gasteiger partial charge is 0.331 e. The first-order valence-corrected chi connectivity index (χ1v) is 11.4. The van der Waals surface area contributed by atoms with Gasteiger partial charge in [-0.05, 0) is 64.4 Å². The number of hydrogen-bond donors (Lipinski definition) is 0. The summed E-state index contributed by atoms with van der Waals surface area (Å²) in [5.74, 6) is -1.69. The zero-order valence-electron chi connectivity index (χ0n) is 16.3. The molecular formula is C21H14BrN3O4S2. The number of aromatic nitrogens is 1. The Balaban J connectivity index is 1.80. The molecule has 0 N–H and O–H groups in total. The molecule has 0 radical (unpaired) electrons. The molecule has 0 bridgehead atoms. The Morgan fingerprint density at radius 2 is 2.00 bits per heavy atom. The molecule has 2 amide bonds. The van der Waals surface area contributed by atoms with E-state index >= 15 is 0 Å². The van der Waals surface area contributed by atoms with Crippen LogP contribution in [0.25, 0.3) is 10.2 Å².